The van der Waals surface area contributed by atoms with E-state index >= 15 is 0 Å². The van der Waals surface area contributed by atoms with Crippen molar-refractivity contribution in [2.75, 3.05) is 6.54 Å². The van der Waals surface area contributed by atoms with Crippen molar-refractivity contribution in [2.45, 2.75) is 38.6 Å². The minimum atomic E-state index is -0.913. The van der Waals surface area contributed by atoms with Gasteiger partial charge in [-0.05, 0) is 43.7 Å². The van der Waals surface area contributed by atoms with Gasteiger partial charge in [0.1, 0.15) is 0 Å². The number of rotatable bonds is 6. The second kappa shape index (κ2) is 8.12. The van der Waals surface area contributed by atoms with Crippen molar-refractivity contribution >= 4 is 22.8 Å². The molecule has 1 aliphatic carbocycles. The highest BCUT2D eigenvalue weighted by Crippen LogP contribution is 2.29. The molecular formula is C19H23N3O4. The summed E-state index contributed by atoms with van der Waals surface area (Å²) in [6, 6.07) is 7.32. The molecule has 0 radical (unpaired) electrons. The molecule has 0 bridgehead atoms. The normalized spacial score (nSPS) is 20.0. The van der Waals surface area contributed by atoms with Crippen LogP contribution in [0.25, 0.3) is 10.9 Å². The molecule has 1 aromatic heterocycles. The number of carboxylic acids is 1. The number of carbonyl (C=O) groups is 2. The average molecular weight is 357 g/mol. The molecular weight excluding hydrogens is 334 g/mol. The highest BCUT2D eigenvalue weighted by atomic mass is 16.4. The van der Waals surface area contributed by atoms with Crippen molar-refractivity contribution in [3.63, 3.8) is 0 Å². The van der Waals surface area contributed by atoms with Crippen LogP contribution < -0.4 is 10.9 Å². The zero-order valence-corrected chi connectivity index (χ0v) is 14.6. The number of para-hydroxylation sites is 1. The molecule has 1 heterocycles. The number of carboxylic acid groups (broad SMARTS) is 1. The van der Waals surface area contributed by atoms with E-state index in [1.165, 1.54) is 0 Å². The minimum absolute atomic E-state index is 0.0239. The number of hydrogen-bond donors (Lipinski definition) is 2. The number of benzene rings is 1. The van der Waals surface area contributed by atoms with E-state index in [0.717, 1.165) is 25.7 Å². The molecule has 0 unspecified atom stereocenters. The summed E-state index contributed by atoms with van der Waals surface area (Å²) >= 11 is 0. The summed E-state index contributed by atoms with van der Waals surface area (Å²) in [4.78, 5) is 39.5. The fraction of sp³-hybridized carbons (Fsp3) is 0.474. The number of nitrogens with zero attached hydrogens (tertiary/aromatic N) is 2. The van der Waals surface area contributed by atoms with Crippen LogP contribution >= 0.6 is 0 Å². The van der Waals surface area contributed by atoms with Gasteiger partial charge in [0.15, 0.2) is 0 Å². The van der Waals surface area contributed by atoms with Gasteiger partial charge in [0.25, 0.3) is 5.56 Å². The molecule has 0 saturated heterocycles. The fourth-order valence-electron chi connectivity index (χ4n) is 3.56. The Morgan fingerprint density at radius 3 is 2.65 bits per heavy atom. The molecule has 1 saturated carbocycles. The highest BCUT2D eigenvalue weighted by molar-refractivity contribution is 5.79. The van der Waals surface area contributed by atoms with Crippen LogP contribution in [-0.4, -0.2) is 33.1 Å². The van der Waals surface area contributed by atoms with Gasteiger partial charge in [0.2, 0.25) is 5.91 Å². The molecule has 2 aromatic rings. The third-order valence-corrected chi connectivity index (χ3v) is 5.04. The SMILES string of the molecule is O=C(O)CCNC(=O)C1CCC(Cn2cnc3ccccc3c2=O)CC1. The molecule has 1 aliphatic rings. The van der Waals surface area contributed by atoms with E-state index in [1.54, 1.807) is 17.0 Å². The third kappa shape index (κ3) is 4.28. The summed E-state index contributed by atoms with van der Waals surface area (Å²) in [5, 5.41) is 11.9. The van der Waals surface area contributed by atoms with Crippen LogP contribution in [0.5, 0.6) is 0 Å². The quantitative estimate of drug-likeness (QED) is 0.821. The Labute approximate surface area is 151 Å². The summed E-state index contributed by atoms with van der Waals surface area (Å²) in [6.45, 7) is 0.788. The van der Waals surface area contributed by atoms with Gasteiger partial charge < -0.3 is 10.4 Å². The van der Waals surface area contributed by atoms with E-state index < -0.39 is 5.97 Å². The Hall–Kier alpha value is -2.70. The lowest BCUT2D eigenvalue weighted by molar-refractivity contribution is -0.137. The van der Waals surface area contributed by atoms with E-state index in [2.05, 4.69) is 10.3 Å². The molecule has 7 heteroatoms. The van der Waals surface area contributed by atoms with Crippen LogP contribution in [0, 0.1) is 11.8 Å². The van der Waals surface area contributed by atoms with Crippen molar-refractivity contribution in [2.24, 2.45) is 11.8 Å². The van der Waals surface area contributed by atoms with Gasteiger partial charge in [-0.25, -0.2) is 4.98 Å². The first-order valence-corrected chi connectivity index (χ1v) is 8.98. The number of hydrogen-bond acceptors (Lipinski definition) is 4. The predicted molar refractivity (Wildman–Crippen MR) is 96.7 cm³/mol. The predicted octanol–water partition coefficient (Wildman–Crippen LogP) is 1.79. The molecule has 1 amide bonds. The van der Waals surface area contributed by atoms with Gasteiger partial charge in [0.05, 0.1) is 23.7 Å². The number of carbonyl (C=O) groups excluding carboxylic acids is 1. The average Bonchev–Trinajstić information content (AvgIpc) is 2.64. The molecule has 138 valence electrons. The number of aromatic nitrogens is 2. The van der Waals surface area contributed by atoms with E-state index in [-0.39, 0.29) is 30.3 Å². The van der Waals surface area contributed by atoms with E-state index in [4.69, 9.17) is 5.11 Å². The highest BCUT2D eigenvalue weighted by Gasteiger charge is 2.26. The topological polar surface area (TPSA) is 101 Å². The van der Waals surface area contributed by atoms with Crippen LogP contribution in [0.2, 0.25) is 0 Å². The zero-order chi connectivity index (χ0) is 18.5. The van der Waals surface area contributed by atoms with Crippen LogP contribution in [0.1, 0.15) is 32.1 Å². The molecule has 0 spiro atoms. The molecule has 1 fully saturated rings. The van der Waals surface area contributed by atoms with Crippen molar-refractivity contribution in [1.29, 1.82) is 0 Å². The minimum Gasteiger partial charge on any atom is -0.481 e. The summed E-state index contributed by atoms with van der Waals surface area (Å²) in [7, 11) is 0. The largest absolute Gasteiger partial charge is 0.481 e. The Balaban J connectivity index is 1.54. The number of fused-ring (bicyclic) bond motifs is 1. The monoisotopic (exact) mass is 357 g/mol. The molecule has 3 rings (SSSR count). The van der Waals surface area contributed by atoms with Gasteiger partial charge in [-0.1, -0.05) is 12.1 Å². The second-order valence-electron chi connectivity index (χ2n) is 6.87. The van der Waals surface area contributed by atoms with Gasteiger partial charge in [0, 0.05) is 19.0 Å². The third-order valence-electron chi connectivity index (χ3n) is 5.04. The lowest BCUT2D eigenvalue weighted by Crippen LogP contribution is -2.35. The lowest BCUT2D eigenvalue weighted by atomic mass is 9.81. The van der Waals surface area contributed by atoms with Crippen molar-refractivity contribution in [3.05, 3.63) is 40.9 Å². The molecule has 2 N–H and O–H groups in total. The Kier molecular flexibility index (Phi) is 5.65. The maximum absolute atomic E-state index is 12.6. The van der Waals surface area contributed by atoms with E-state index in [1.807, 2.05) is 18.2 Å². The standard InChI is InChI=1S/C19H23N3O4/c23-17(24)9-10-20-18(25)14-7-5-13(6-8-14)11-22-12-21-16-4-2-1-3-15(16)19(22)26/h1-4,12-14H,5-11H2,(H,20,25)(H,23,24). The Morgan fingerprint density at radius 2 is 1.92 bits per heavy atom. The fourth-order valence-corrected chi connectivity index (χ4v) is 3.56. The molecule has 1 aromatic carbocycles. The number of nitrogens with one attached hydrogen (secondary N) is 1. The number of aliphatic carboxylic acids is 1. The van der Waals surface area contributed by atoms with Crippen LogP contribution in [0.3, 0.4) is 0 Å². The molecule has 26 heavy (non-hydrogen) atoms. The zero-order valence-electron chi connectivity index (χ0n) is 14.6. The molecule has 0 atom stereocenters. The van der Waals surface area contributed by atoms with Crippen molar-refractivity contribution < 1.29 is 14.7 Å². The summed E-state index contributed by atoms with van der Waals surface area (Å²) in [6.07, 6.45) is 4.82. The lowest BCUT2D eigenvalue weighted by Gasteiger charge is -2.28. The Bertz CT molecular complexity index is 853. The summed E-state index contributed by atoms with van der Waals surface area (Å²) in [5.74, 6) is -0.692. The maximum atomic E-state index is 12.6. The summed E-state index contributed by atoms with van der Waals surface area (Å²) in [5.41, 5.74) is 0.680. The first kappa shape index (κ1) is 18.1. The molecule has 7 nitrogen and oxygen atoms in total. The Morgan fingerprint density at radius 1 is 1.19 bits per heavy atom. The van der Waals surface area contributed by atoms with Crippen molar-refractivity contribution in [3.8, 4) is 0 Å². The van der Waals surface area contributed by atoms with Gasteiger partial charge >= 0.3 is 5.97 Å². The van der Waals surface area contributed by atoms with Gasteiger partial charge in [-0.2, -0.15) is 0 Å². The summed E-state index contributed by atoms with van der Waals surface area (Å²) < 4.78 is 1.67. The second-order valence-corrected chi connectivity index (χ2v) is 6.87. The first-order chi connectivity index (χ1) is 12.5. The van der Waals surface area contributed by atoms with E-state index in [9.17, 15) is 14.4 Å². The first-order valence-electron chi connectivity index (χ1n) is 8.98. The smallest absolute Gasteiger partial charge is 0.305 e. The van der Waals surface area contributed by atoms with Gasteiger partial charge in [-0.3, -0.25) is 19.0 Å². The van der Waals surface area contributed by atoms with Crippen LogP contribution in [0.4, 0.5) is 0 Å². The van der Waals surface area contributed by atoms with Crippen LogP contribution in [0.15, 0.2) is 35.4 Å². The maximum Gasteiger partial charge on any atom is 0.305 e. The van der Waals surface area contributed by atoms with E-state index in [0.29, 0.717) is 23.4 Å². The van der Waals surface area contributed by atoms with Crippen molar-refractivity contribution in [1.82, 2.24) is 14.9 Å². The number of amides is 1. The molecule has 0 aliphatic heterocycles. The van der Waals surface area contributed by atoms with Gasteiger partial charge in [-0.15, -0.1) is 0 Å². The van der Waals surface area contributed by atoms with Crippen LogP contribution in [-0.2, 0) is 16.1 Å².